The second-order valence-electron chi connectivity index (χ2n) is 5.62. The molecular weight excluding hydrogens is 292 g/mol. The maximum absolute atomic E-state index is 6.36. The fourth-order valence-corrected chi connectivity index (χ4v) is 3.33. The van der Waals surface area contributed by atoms with Crippen molar-refractivity contribution in [3.63, 3.8) is 0 Å². The predicted octanol–water partition coefficient (Wildman–Crippen LogP) is 4.27. The van der Waals surface area contributed by atoms with Gasteiger partial charge in [-0.25, -0.2) is 0 Å². The van der Waals surface area contributed by atoms with Crippen LogP contribution in [0.4, 0.5) is 0 Å². The van der Waals surface area contributed by atoms with Gasteiger partial charge in [0, 0.05) is 19.8 Å². The second-order valence-corrected chi connectivity index (χ2v) is 5.62. The third-order valence-corrected chi connectivity index (χ3v) is 4.42. The molecule has 118 valence electrons. The highest BCUT2D eigenvalue weighted by molar-refractivity contribution is 5.86. The molecule has 3 unspecified atom stereocenters. The molecule has 0 radical (unpaired) electrons. The molecule has 2 aromatic carbocycles. The van der Waals surface area contributed by atoms with Crippen LogP contribution in [0.3, 0.4) is 0 Å². The summed E-state index contributed by atoms with van der Waals surface area (Å²) < 4.78 is 23.4. The molecule has 2 heterocycles. The van der Waals surface area contributed by atoms with Gasteiger partial charge in [0.1, 0.15) is 23.5 Å². The van der Waals surface area contributed by atoms with Crippen molar-refractivity contribution >= 4 is 11.0 Å². The Morgan fingerprint density at radius 2 is 1.74 bits per heavy atom. The van der Waals surface area contributed by atoms with Gasteiger partial charge < -0.3 is 18.6 Å². The van der Waals surface area contributed by atoms with Gasteiger partial charge in [0.15, 0.2) is 6.10 Å². The van der Waals surface area contributed by atoms with E-state index >= 15 is 0 Å². The molecule has 23 heavy (non-hydrogen) atoms. The Morgan fingerprint density at radius 3 is 2.48 bits per heavy atom. The minimum Gasteiger partial charge on any atom is -0.482 e. The summed E-state index contributed by atoms with van der Waals surface area (Å²) in [6.07, 6.45) is 1.02. The summed E-state index contributed by atoms with van der Waals surface area (Å²) in [5, 5.41) is 0.958. The number of ether oxygens (including phenoxy) is 3. The van der Waals surface area contributed by atoms with Crippen molar-refractivity contribution < 1.29 is 18.6 Å². The fourth-order valence-electron chi connectivity index (χ4n) is 3.33. The molecule has 3 atom stereocenters. The van der Waals surface area contributed by atoms with Crippen molar-refractivity contribution in [2.24, 2.45) is 0 Å². The van der Waals surface area contributed by atoms with Crippen LogP contribution in [0, 0.1) is 0 Å². The Morgan fingerprint density at radius 1 is 0.913 bits per heavy atom. The SMILES string of the molecule is COC1c2ccc3occc3c2OC(c2ccccc2)C1OC. The van der Waals surface area contributed by atoms with Crippen LogP contribution >= 0.6 is 0 Å². The number of benzene rings is 2. The normalized spacial score (nSPS) is 23.5. The van der Waals surface area contributed by atoms with E-state index in [-0.39, 0.29) is 18.3 Å². The molecule has 0 bridgehead atoms. The van der Waals surface area contributed by atoms with Crippen LogP contribution < -0.4 is 4.74 Å². The number of rotatable bonds is 3. The van der Waals surface area contributed by atoms with Crippen LogP contribution in [0.5, 0.6) is 5.75 Å². The molecule has 1 aliphatic rings. The van der Waals surface area contributed by atoms with Crippen molar-refractivity contribution in [3.05, 3.63) is 65.9 Å². The first-order valence-electron chi connectivity index (χ1n) is 7.60. The van der Waals surface area contributed by atoms with Gasteiger partial charge in [0.25, 0.3) is 0 Å². The van der Waals surface area contributed by atoms with Crippen LogP contribution in [-0.2, 0) is 9.47 Å². The zero-order chi connectivity index (χ0) is 15.8. The summed E-state index contributed by atoms with van der Waals surface area (Å²) in [4.78, 5) is 0. The van der Waals surface area contributed by atoms with Gasteiger partial charge in [-0.2, -0.15) is 0 Å². The number of methoxy groups -OCH3 is 2. The highest BCUT2D eigenvalue weighted by atomic mass is 16.6. The first-order chi connectivity index (χ1) is 11.3. The molecule has 0 amide bonds. The van der Waals surface area contributed by atoms with Gasteiger partial charge in [-0.05, 0) is 23.8 Å². The van der Waals surface area contributed by atoms with E-state index in [0.29, 0.717) is 0 Å². The molecule has 0 saturated carbocycles. The first kappa shape index (κ1) is 14.3. The van der Waals surface area contributed by atoms with E-state index in [9.17, 15) is 0 Å². The summed E-state index contributed by atoms with van der Waals surface area (Å²) in [5.74, 6) is 0.810. The van der Waals surface area contributed by atoms with Gasteiger partial charge in [-0.3, -0.25) is 0 Å². The van der Waals surface area contributed by atoms with E-state index in [0.717, 1.165) is 27.8 Å². The number of furan rings is 1. The fraction of sp³-hybridized carbons (Fsp3) is 0.263. The summed E-state index contributed by atoms with van der Waals surface area (Å²) in [7, 11) is 3.39. The van der Waals surface area contributed by atoms with E-state index in [1.165, 1.54) is 0 Å². The average molecular weight is 310 g/mol. The summed E-state index contributed by atoms with van der Waals surface area (Å²) in [6.45, 7) is 0. The van der Waals surface area contributed by atoms with E-state index in [2.05, 4.69) is 0 Å². The van der Waals surface area contributed by atoms with E-state index in [4.69, 9.17) is 18.6 Å². The molecule has 1 aliphatic heterocycles. The third-order valence-electron chi connectivity index (χ3n) is 4.42. The zero-order valence-electron chi connectivity index (χ0n) is 13.1. The summed E-state index contributed by atoms with van der Waals surface area (Å²) in [5.41, 5.74) is 2.86. The van der Waals surface area contributed by atoms with Crippen molar-refractivity contribution in [1.82, 2.24) is 0 Å². The smallest absolute Gasteiger partial charge is 0.153 e. The number of fused-ring (bicyclic) bond motifs is 3. The Balaban J connectivity index is 1.89. The lowest BCUT2D eigenvalue weighted by Crippen LogP contribution is -2.36. The molecule has 4 rings (SSSR count). The van der Waals surface area contributed by atoms with E-state index in [1.807, 2.05) is 48.5 Å². The van der Waals surface area contributed by atoms with Crippen molar-refractivity contribution in [2.45, 2.75) is 18.3 Å². The summed E-state index contributed by atoms with van der Waals surface area (Å²) >= 11 is 0. The van der Waals surface area contributed by atoms with Crippen molar-refractivity contribution in [3.8, 4) is 5.75 Å². The zero-order valence-corrected chi connectivity index (χ0v) is 13.1. The molecule has 1 aromatic heterocycles. The Hall–Kier alpha value is -2.30. The standard InChI is InChI=1S/C19H18O4/c1-20-18-14-8-9-15-13(10-11-22-15)17(14)23-16(19(18)21-2)12-6-4-3-5-7-12/h3-11,16,18-19H,1-2H3. The van der Waals surface area contributed by atoms with Gasteiger partial charge in [-0.1, -0.05) is 30.3 Å². The number of hydrogen-bond acceptors (Lipinski definition) is 4. The Labute approximate surface area is 134 Å². The van der Waals surface area contributed by atoms with Crippen LogP contribution in [0.15, 0.2) is 59.2 Å². The molecule has 4 heteroatoms. The Kier molecular flexibility index (Phi) is 3.56. The van der Waals surface area contributed by atoms with Gasteiger partial charge >= 0.3 is 0 Å². The lowest BCUT2D eigenvalue weighted by atomic mass is 9.91. The molecular formula is C19H18O4. The van der Waals surface area contributed by atoms with Crippen LogP contribution in [0.2, 0.25) is 0 Å². The second kappa shape index (κ2) is 5.72. The monoisotopic (exact) mass is 310 g/mol. The molecule has 0 aliphatic carbocycles. The van der Waals surface area contributed by atoms with E-state index < -0.39 is 0 Å². The molecule has 0 spiro atoms. The van der Waals surface area contributed by atoms with Crippen molar-refractivity contribution in [1.29, 1.82) is 0 Å². The molecule has 3 aromatic rings. The topological polar surface area (TPSA) is 40.8 Å². The lowest BCUT2D eigenvalue weighted by molar-refractivity contribution is -0.105. The predicted molar refractivity (Wildman–Crippen MR) is 86.6 cm³/mol. The average Bonchev–Trinajstić information content (AvgIpc) is 3.09. The maximum atomic E-state index is 6.36. The van der Waals surface area contributed by atoms with Gasteiger partial charge in [-0.15, -0.1) is 0 Å². The van der Waals surface area contributed by atoms with Crippen LogP contribution in [-0.4, -0.2) is 20.3 Å². The van der Waals surface area contributed by atoms with Gasteiger partial charge in [0.2, 0.25) is 0 Å². The van der Waals surface area contributed by atoms with Crippen molar-refractivity contribution in [2.75, 3.05) is 14.2 Å². The largest absolute Gasteiger partial charge is 0.482 e. The third kappa shape index (κ3) is 2.22. The highest BCUT2D eigenvalue weighted by Crippen LogP contribution is 2.47. The summed E-state index contributed by atoms with van der Waals surface area (Å²) in [6, 6.07) is 15.9. The minimum atomic E-state index is -0.237. The molecule has 4 nitrogen and oxygen atoms in total. The Bertz CT molecular complexity index is 809. The first-order valence-corrected chi connectivity index (χ1v) is 7.60. The number of hydrogen-bond donors (Lipinski definition) is 0. The van der Waals surface area contributed by atoms with Crippen LogP contribution in [0.25, 0.3) is 11.0 Å². The maximum Gasteiger partial charge on any atom is 0.153 e. The van der Waals surface area contributed by atoms with E-state index in [1.54, 1.807) is 20.5 Å². The lowest BCUT2D eigenvalue weighted by Gasteiger charge is -2.38. The van der Waals surface area contributed by atoms with Gasteiger partial charge in [0.05, 0.1) is 11.6 Å². The minimum absolute atomic E-state index is 0.201. The highest BCUT2D eigenvalue weighted by Gasteiger charge is 2.40. The van der Waals surface area contributed by atoms with Crippen LogP contribution in [0.1, 0.15) is 23.3 Å². The quantitative estimate of drug-likeness (QED) is 0.724. The molecule has 0 fully saturated rings. The molecule has 0 saturated heterocycles. The molecule has 0 N–H and O–H groups in total.